The normalized spacial score (nSPS) is 10.3. The van der Waals surface area contributed by atoms with Gasteiger partial charge in [0, 0.05) is 15.1 Å². The van der Waals surface area contributed by atoms with Crippen molar-refractivity contribution >= 4 is 62.3 Å². The van der Waals surface area contributed by atoms with Crippen molar-refractivity contribution in [2.75, 3.05) is 17.7 Å². The predicted octanol–water partition coefficient (Wildman–Crippen LogP) is 6.27. The minimum absolute atomic E-state index is 0.307. The summed E-state index contributed by atoms with van der Waals surface area (Å²) in [5, 5.41) is 6.31. The predicted molar refractivity (Wildman–Crippen MR) is 120 cm³/mol. The van der Waals surface area contributed by atoms with Crippen molar-refractivity contribution in [3.63, 3.8) is 0 Å². The lowest BCUT2D eigenvalue weighted by molar-refractivity contribution is 0.101. The molecule has 3 rings (SSSR count). The van der Waals surface area contributed by atoms with E-state index < -0.39 is 5.91 Å². The van der Waals surface area contributed by atoms with Crippen molar-refractivity contribution in [3.8, 4) is 5.75 Å². The molecule has 0 atom stereocenters. The lowest BCUT2D eigenvalue weighted by Gasteiger charge is -2.13. The Morgan fingerprint density at radius 3 is 2.34 bits per heavy atom. The van der Waals surface area contributed by atoms with Crippen molar-refractivity contribution < 1.29 is 14.3 Å². The standard InChI is InChI=1S/C21H15BrCl2N2O3/c1-29-19-10-12(20(27)26-18-11-13(23)7-8-16(18)24)6-9-17(19)25-21(28)14-4-2-3-5-15(14)22/h2-11H,1H3,(H,25,28)(H,26,27). The Balaban J connectivity index is 1.81. The molecule has 3 aromatic rings. The van der Waals surface area contributed by atoms with Crippen molar-refractivity contribution in [3.05, 3.63) is 86.3 Å². The van der Waals surface area contributed by atoms with Crippen molar-refractivity contribution in [2.45, 2.75) is 0 Å². The molecule has 5 nitrogen and oxygen atoms in total. The van der Waals surface area contributed by atoms with Crippen LogP contribution in [0.4, 0.5) is 11.4 Å². The van der Waals surface area contributed by atoms with Gasteiger partial charge in [0.2, 0.25) is 0 Å². The Morgan fingerprint density at radius 1 is 0.897 bits per heavy atom. The fourth-order valence-corrected chi connectivity index (χ4v) is 3.36. The lowest BCUT2D eigenvalue weighted by Crippen LogP contribution is -2.15. The Kier molecular flexibility index (Phi) is 6.79. The third-order valence-electron chi connectivity index (χ3n) is 4.01. The number of halogens is 3. The van der Waals surface area contributed by atoms with Crippen LogP contribution in [0.1, 0.15) is 20.7 Å². The summed E-state index contributed by atoms with van der Waals surface area (Å²) in [7, 11) is 1.46. The van der Waals surface area contributed by atoms with E-state index in [9.17, 15) is 9.59 Å². The van der Waals surface area contributed by atoms with E-state index in [1.165, 1.54) is 13.2 Å². The molecule has 0 aliphatic carbocycles. The summed E-state index contributed by atoms with van der Waals surface area (Å²) in [6.45, 7) is 0. The summed E-state index contributed by atoms with van der Waals surface area (Å²) < 4.78 is 6.01. The van der Waals surface area contributed by atoms with E-state index in [0.29, 0.717) is 42.8 Å². The number of hydrogen-bond acceptors (Lipinski definition) is 3. The van der Waals surface area contributed by atoms with E-state index in [0.717, 1.165) is 0 Å². The molecule has 29 heavy (non-hydrogen) atoms. The average Bonchev–Trinajstić information content (AvgIpc) is 2.71. The van der Waals surface area contributed by atoms with Gasteiger partial charge in [0.05, 0.1) is 29.1 Å². The second-order valence-corrected chi connectivity index (χ2v) is 7.63. The molecule has 0 saturated heterocycles. The number of carbonyl (C=O) groups excluding carboxylic acids is 2. The molecule has 0 saturated carbocycles. The Hall–Kier alpha value is -2.54. The number of amides is 2. The average molecular weight is 494 g/mol. The van der Waals surface area contributed by atoms with Gasteiger partial charge in [-0.2, -0.15) is 0 Å². The Labute approximate surface area is 186 Å². The summed E-state index contributed by atoms with van der Waals surface area (Å²) in [6, 6.07) is 16.6. The van der Waals surface area contributed by atoms with Gasteiger partial charge in [-0.15, -0.1) is 0 Å². The fraction of sp³-hybridized carbons (Fsp3) is 0.0476. The number of rotatable bonds is 5. The number of hydrogen-bond donors (Lipinski definition) is 2. The van der Waals surface area contributed by atoms with Crippen LogP contribution in [0.3, 0.4) is 0 Å². The molecule has 148 valence electrons. The van der Waals surface area contributed by atoms with Gasteiger partial charge >= 0.3 is 0 Å². The van der Waals surface area contributed by atoms with Gasteiger partial charge < -0.3 is 15.4 Å². The van der Waals surface area contributed by atoms with Crippen LogP contribution >= 0.6 is 39.1 Å². The zero-order valence-electron chi connectivity index (χ0n) is 15.1. The first-order chi connectivity index (χ1) is 13.9. The minimum atomic E-state index is -0.392. The quantitative estimate of drug-likeness (QED) is 0.440. The van der Waals surface area contributed by atoms with Crippen LogP contribution in [-0.2, 0) is 0 Å². The first kappa shape index (κ1) is 21.2. The SMILES string of the molecule is COc1cc(C(=O)Nc2cc(Cl)ccc2Cl)ccc1NC(=O)c1ccccc1Br. The zero-order chi connectivity index (χ0) is 21.0. The molecule has 2 N–H and O–H groups in total. The van der Waals surface area contributed by atoms with Crippen LogP contribution in [-0.4, -0.2) is 18.9 Å². The van der Waals surface area contributed by atoms with E-state index in [1.807, 2.05) is 6.07 Å². The molecule has 2 amide bonds. The number of benzene rings is 3. The highest BCUT2D eigenvalue weighted by Gasteiger charge is 2.15. The molecule has 0 bridgehead atoms. The second kappa shape index (κ2) is 9.31. The minimum Gasteiger partial charge on any atom is -0.495 e. The number of ether oxygens (including phenoxy) is 1. The number of carbonyl (C=O) groups is 2. The van der Waals surface area contributed by atoms with Gasteiger partial charge in [-0.25, -0.2) is 0 Å². The first-order valence-corrected chi connectivity index (χ1v) is 9.94. The largest absolute Gasteiger partial charge is 0.495 e. The molecule has 0 unspecified atom stereocenters. The lowest BCUT2D eigenvalue weighted by atomic mass is 10.1. The van der Waals surface area contributed by atoms with Crippen LogP contribution in [0, 0.1) is 0 Å². The molecule has 8 heteroatoms. The number of nitrogens with one attached hydrogen (secondary N) is 2. The van der Waals surface area contributed by atoms with Crippen LogP contribution in [0.15, 0.2) is 65.1 Å². The van der Waals surface area contributed by atoms with Gasteiger partial charge in [-0.1, -0.05) is 35.3 Å². The third-order valence-corrected chi connectivity index (χ3v) is 5.26. The summed E-state index contributed by atoms with van der Waals surface area (Å²) in [5.74, 6) is -0.356. The third kappa shape index (κ3) is 5.09. The van der Waals surface area contributed by atoms with Gasteiger partial charge in [0.25, 0.3) is 11.8 Å². The Bertz CT molecular complexity index is 1090. The van der Waals surface area contributed by atoms with Crippen LogP contribution in [0.2, 0.25) is 10.0 Å². The van der Waals surface area contributed by atoms with Crippen molar-refractivity contribution in [1.29, 1.82) is 0 Å². The highest BCUT2D eigenvalue weighted by atomic mass is 79.9. The van der Waals surface area contributed by atoms with Crippen LogP contribution < -0.4 is 15.4 Å². The summed E-state index contributed by atoms with van der Waals surface area (Å²) in [6.07, 6.45) is 0. The molecule has 0 aromatic heterocycles. The fourth-order valence-electron chi connectivity index (χ4n) is 2.56. The van der Waals surface area contributed by atoms with Crippen LogP contribution in [0.5, 0.6) is 5.75 Å². The van der Waals surface area contributed by atoms with Crippen molar-refractivity contribution in [2.24, 2.45) is 0 Å². The summed E-state index contributed by atoms with van der Waals surface area (Å²) in [5.41, 5.74) is 1.64. The summed E-state index contributed by atoms with van der Waals surface area (Å²) >= 11 is 15.4. The van der Waals surface area contributed by atoms with E-state index in [1.54, 1.807) is 48.5 Å². The molecule has 3 aromatic carbocycles. The smallest absolute Gasteiger partial charge is 0.256 e. The van der Waals surface area contributed by atoms with Gasteiger partial charge in [0.15, 0.2) is 0 Å². The molecule has 0 aliphatic heterocycles. The molecular formula is C21H15BrCl2N2O3. The monoisotopic (exact) mass is 492 g/mol. The number of methoxy groups -OCH3 is 1. The maximum absolute atomic E-state index is 12.6. The molecule has 0 spiro atoms. The highest BCUT2D eigenvalue weighted by molar-refractivity contribution is 9.10. The molecule has 0 heterocycles. The van der Waals surface area contributed by atoms with Crippen molar-refractivity contribution in [1.82, 2.24) is 0 Å². The van der Waals surface area contributed by atoms with E-state index in [2.05, 4.69) is 26.6 Å². The molecule has 0 aliphatic rings. The topological polar surface area (TPSA) is 67.4 Å². The number of anilines is 2. The van der Waals surface area contributed by atoms with Crippen LogP contribution in [0.25, 0.3) is 0 Å². The Morgan fingerprint density at radius 2 is 1.62 bits per heavy atom. The molecule has 0 radical (unpaired) electrons. The maximum atomic E-state index is 12.6. The summed E-state index contributed by atoms with van der Waals surface area (Å²) in [4.78, 5) is 25.1. The maximum Gasteiger partial charge on any atom is 0.256 e. The van der Waals surface area contributed by atoms with Gasteiger partial charge in [0.1, 0.15) is 5.75 Å². The van der Waals surface area contributed by atoms with E-state index in [-0.39, 0.29) is 5.91 Å². The van der Waals surface area contributed by atoms with E-state index in [4.69, 9.17) is 27.9 Å². The first-order valence-electron chi connectivity index (χ1n) is 8.39. The van der Waals surface area contributed by atoms with Gasteiger partial charge in [-0.05, 0) is 64.5 Å². The van der Waals surface area contributed by atoms with Gasteiger partial charge in [-0.3, -0.25) is 9.59 Å². The van der Waals surface area contributed by atoms with E-state index >= 15 is 0 Å². The molecule has 0 fully saturated rings. The highest BCUT2D eigenvalue weighted by Crippen LogP contribution is 2.29. The molecular weight excluding hydrogens is 479 g/mol. The zero-order valence-corrected chi connectivity index (χ0v) is 18.2. The second-order valence-electron chi connectivity index (χ2n) is 5.93.